The van der Waals surface area contributed by atoms with Gasteiger partial charge in [-0.05, 0) is 24.7 Å². The fourth-order valence-corrected chi connectivity index (χ4v) is 2.71. The van der Waals surface area contributed by atoms with Crippen molar-refractivity contribution < 1.29 is 4.79 Å². The first-order valence-electron chi connectivity index (χ1n) is 5.59. The number of primary amides is 1. The van der Waals surface area contributed by atoms with Gasteiger partial charge in [-0.25, -0.2) is 9.97 Å². The normalized spacial score (nSPS) is 27.4. The number of carbonyl (C=O) groups excluding carboxylic acids is 1. The van der Waals surface area contributed by atoms with Crippen molar-refractivity contribution in [3.8, 4) is 0 Å². The molecule has 5 nitrogen and oxygen atoms in total. The monoisotopic (exact) mass is 218 g/mol. The van der Waals surface area contributed by atoms with Crippen LogP contribution in [0.3, 0.4) is 0 Å². The van der Waals surface area contributed by atoms with Gasteiger partial charge in [-0.15, -0.1) is 0 Å². The number of nitrogens with zero attached hydrogens (tertiary/aromatic N) is 3. The molecule has 1 aromatic rings. The number of hydrogen-bond donors (Lipinski definition) is 1. The second-order valence-electron chi connectivity index (χ2n) is 4.73. The van der Waals surface area contributed by atoms with E-state index in [1.807, 2.05) is 0 Å². The van der Waals surface area contributed by atoms with Gasteiger partial charge < -0.3 is 10.6 Å². The van der Waals surface area contributed by atoms with Gasteiger partial charge >= 0.3 is 0 Å². The molecule has 0 unspecified atom stereocenters. The van der Waals surface area contributed by atoms with Crippen molar-refractivity contribution in [3.05, 3.63) is 18.1 Å². The van der Waals surface area contributed by atoms with Crippen LogP contribution in [0.4, 0.5) is 5.82 Å². The lowest BCUT2D eigenvalue weighted by Crippen LogP contribution is -2.49. The molecule has 3 fully saturated rings. The van der Waals surface area contributed by atoms with E-state index >= 15 is 0 Å². The Labute approximate surface area is 93.7 Å². The summed E-state index contributed by atoms with van der Waals surface area (Å²) in [6.07, 6.45) is 4.12. The van der Waals surface area contributed by atoms with Crippen molar-refractivity contribution in [2.24, 2.45) is 17.6 Å². The number of nitrogens with two attached hydrogens (primary N) is 1. The Morgan fingerprint density at radius 1 is 1.31 bits per heavy atom. The summed E-state index contributed by atoms with van der Waals surface area (Å²) < 4.78 is 0. The predicted molar refractivity (Wildman–Crippen MR) is 59.0 cm³/mol. The number of fused-ring (bicyclic) bond motifs is 2. The number of hydrogen-bond acceptors (Lipinski definition) is 4. The molecule has 1 amide bonds. The van der Waals surface area contributed by atoms with Gasteiger partial charge in [-0.2, -0.15) is 0 Å². The Balaban J connectivity index is 1.83. The molecule has 0 atom stereocenters. The molecular weight excluding hydrogens is 204 g/mol. The summed E-state index contributed by atoms with van der Waals surface area (Å²) >= 11 is 0. The molecule has 1 saturated carbocycles. The minimum absolute atomic E-state index is 0.296. The van der Waals surface area contributed by atoms with E-state index in [1.165, 1.54) is 19.2 Å². The fourth-order valence-electron chi connectivity index (χ4n) is 2.71. The van der Waals surface area contributed by atoms with Crippen LogP contribution < -0.4 is 10.6 Å². The molecule has 1 aromatic heterocycles. The van der Waals surface area contributed by atoms with E-state index in [1.54, 1.807) is 6.07 Å². The van der Waals surface area contributed by atoms with Crippen LogP contribution in [0.2, 0.25) is 0 Å². The van der Waals surface area contributed by atoms with Crippen LogP contribution in [-0.2, 0) is 0 Å². The van der Waals surface area contributed by atoms with Crippen molar-refractivity contribution in [2.75, 3.05) is 18.0 Å². The minimum Gasteiger partial charge on any atom is -0.364 e. The molecule has 0 radical (unpaired) electrons. The number of piperidine rings is 2. The lowest BCUT2D eigenvalue weighted by atomic mass is 9.71. The van der Waals surface area contributed by atoms with Crippen LogP contribution >= 0.6 is 0 Å². The highest BCUT2D eigenvalue weighted by atomic mass is 16.1. The molecule has 4 rings (SSSR count). The van der Waals surface area contributed by atoms with Gasteiger partial charge in [0.1, 0.15) is 17.8 Å². The van der Waals surface area contributed by atoms with Gasteiger partial charge in [0.2, 0.25) is 0 Å². The summed E-state index contributed by atoms with van der Waals surface area (Å²) in [5.74, 6) is 1.96. The quantitative estimate of drug-likeness (QED) is 0.781. The van der Waals surface area contributed by atoms with Crippen LogP contribution in [-0.4, -0.2) is 29.0 Å². The summed E-state index contributed by atoms with van der Waals surface area (Å²) in [5.41, 5.74) is 5.50. The maximum atomic E-state index is 11.0. The number of anilines is 1. The van der Waals surface area contributed by atoms with E-state index in [9.17, 15) is 4.79 Å². The molecular formula is C11H14N4O. The van der Waals surface area contributed by atoms with Crippen molar-refractivity contribution >= 4 is 11.7 Å². The Bertz CT molecular complexity index is 418. The molecule has 0 aromatic carbocycles. The van der Waals surface area contributed by atoms with Gasteiger partial charge in [0.25, 0.3) is 5.91 Å². The van der Waals surface area contributed by atoms with Crippen LogP contribution in [0.5, 0.6) is 0 Å². The lowest BCUT2D eigenvalue weighted by molar-refractivity contribution is 0.0995. The lowest BCUT2D eigenvalue weighted by Gasteiger charge is -2.47. The maximum absolute atomic E-state index is 11.0. The molecule has 2 saturated heterocycles. The summed E-state index contributed by atoms with van der Waals surface area (Å²) in [5, 5.41) is 0. The van der Waals surface area contributed by atoms with Gasteiger partial charge in [-0.1, -0.05) is 0 Å². The van der Waals surface area contributed by atoms with Crippen LogP contribution in [0, 0.1) is 11.8 Å². The topological polar surface area (TPSA) is 72.1 Å². The van der Waals surface area contributed by atoms with Crippen LogP contribution in [0.15, 0.2) is 12.4 Å². The first-order chi connectivity index (χ1) is 7.72. The highest BCUT2D eigenvalue weighted by Crippen LogP contribution is 2.40. The summed E-state index contributed by atoms with van der Waals surface area (Å²) in [6, 6.07) is 1.69. The third-order valence-corrected chi connectivity index (χ3v) is 3.52. The zero-order valence-electron chi connectivity index (χ0n) is 8.97. The number of rotatable bonds is 2. The molecule has 2 aliphatic heterocycles. The van der Waals surface area contributed by atoms with Crippen molar-refractivity contribution in [3.63, 3.8) is 0 Å². The first kappa shape index (κ1) is 9.57. The van der Waals surface area contributed by atoms with E-state index in [0.29, 0.717) is 5.69 Å². The van der Waals surface area contributed by atoms with Crippen molar-refractivity contribution in [2.45, 2.75) is 12.8 Å². The van der Waals surface area contributed by atoms with Gasteiger partial charge in [0.05, 0.1) is 0 Å². The van der Waals surface area contributed by atoms with E-state index in [4.69, 9.17) is 5.73 Å². The van der Waals surface area contributed by atoms with Gasteiger partial charge in [0.15, 0.2) is 0 Å². The zero-order chi connectivity index (χ0) is 11.1. The van der Waals surface area contributed by atoms with Crippen molar-refractivity contribution in [1.29, 1.82) is 0 Å². The second-order valence-corrected chi connectivity index (χ2v) is 4.73. The van der Waals surface area contributed by atoms with Crippen LogP contribution in [0.1, 0.15) is 23.3 Å². The summed E-state index contributed by atoms with van der Waals surface area (Å²) in [7, 11) is 0. The Morgan fingerprint density at radius 2 is 2.00 bits per heavy atom. The van der Waals surface area contributed by atoms with Crippen LogP contribution in [0.25, 0.3) is 0 Å². The Kier molecular flexibility index (Phi) is 2.05. The molecule has 3 aliphatic rings. The minimum atomic E-state index is -0.495. The van der Waals surface area contributed by atoms with Crippen molar-refractivity contribution in [1.82, 2.24) is 9.97 Å². The molecule has 16 heavy (non-hydrogen) atoms. The highest BCUT2D eigenvalue weighted by Gasteiger charge is 2.37. The highest BCUT2D eigenvalue weighted by molar-refractivity contribution is 5.91. The molecule has 5 heteroatoms. The van der Waals surface area contributed by atoms with E-state index in [2.05, 4.69) is 14.9 Å². The van der Waals surface area contributed by atoms with E-state index < -0.39 is 5.91 Å². The zero-order valence-corrected chi connectivity index (χ0v) is 8.97. The van der Waals surface area contributed by atoms with Gasteiger partial charge in [-0.3, -0.25) is 4.79 Å². The molecule has 3 heterocycles. The average molecular weight is 218 g/mol. The average Bonchev–Trinajstić information content (AvgIpc) is 2.28. The molecule has 0 spiro atoms. The maximum Gasteiger partial charge on any atom is 0.267 e. The largest absolute Gasteiger partial charge is 0.364 e. The smallest absolute Gasteiger partial charge is 0.267 e. The van der Waals surface area contributed by atoms with E-state index in [-0.39, 0.29) is 0 Å². The Morgan fingerprint density at radius 3 is 2.62 bits per heavy atom. The molecule has 2 N–H and O–H groups in total. The molecule has 2 bridgehead atoms. The SMILES string of the molecule is NC(=O)c1cc(N2CC3CC(C3)C2)ncn1. The number of carbonyl (C=O) groups is 1. The standard InChI is InChI=1S/C11H14N4O/c12-11(16)9-3-10(14-6-13-9)15-4-7-1-8(2-7)5-15/h3,6-8H,1-2,4-5H2,(H2,12,16). The number of aromatic nitrogens is 2. The van der Waals surface area contributed by atoms with E-state index in [0.717, 1.165) is 30.7 Å². The Hall–Kier alpha value is -1.65. The number of amides is 1. The third-order valence-electron chi connectivity index (χ3n) is 3.52. The fraction of sp³-hybridized carbons (Fsp3) is 0.545. The summed E-state index contributed by atoms with van der Waals surface area (Å²) in [4.78, 5) is 21.3. The second kappa shape index (κ2) is 3.43. The first-order valence-corrected chi connectivity index (χ1v) is 5.59. The summed E-state index contributed by atoms with van der Waals surface area (Å²) in [6.45, 7) is 2.09. The third kappa shape index (κ3) is 1.52. The van der Waals surface area contributed by atoms with Gasteiger partial charge in [0, 0.05) is 19.2 Å². The molecule has 84 valence electrons. The molecule has 1 aliphatic carbocycles. The predicted octanol–water partition coefficient (Wildman–Crippen LogP) is 0.422.